The molecule has 2 heterocycles. The molecule has 2 aromatic heterocycles. The van der Waals surface area contributed by atoms with E-state index in [1.165, 1.54) is 29.8 Å². The Morgan fingerprint density at radius 1 is 1.08 bits per heavy atom. The number of carbonyl (C=O) groups excluding carboxylic acids is 1. The Balaban J connectivity index is 1.74. The maximum Gasteiger partial charge on any atom is 0.416 e. The Kier molecular flexibility index (Phi) is 4.69. The second-order valence-corrected chi connectivity index (χ2v) is 6.26. The predicted molar refractivity (Wildman–Crippen MR) is 87.5 cm³/mol. The number of benzene rings is 1. The Morgan fingerprint density at radius 3 is 2.32 bits per heavy atom. The van der Waals surface area contributed by atoms with Gasteiger partial charge >= 0.3 is 6.18 Å². The number of rotatable bonds is 3. The molecule has 3 aromatic rings. The van der Waals surface area contributed by atoms with E-state index in [-0.39, 0.29) is 15.8 Å². The van der Waals surface area contributed by atoms with Crippen LogP contribution in [0.4, 0.5) is 19.0 Å². The van der Waals surface area contributed by atoms with Crippen molar-refractivity contribution in [3.63, 3.8) is 0 Å². The smallest absolute Gasteiger partial charge is 0.304 e. The summed E-state index contributed by atoms with van der Waals surface area (Å²) in [6, 6.07) is 7.57. The van der Waals surface area contributed by atoms with Crippen LogP contribution in [0.3, 0.4) is 0 Å². The zero-order valence-corrected chi connectivity index (χ0v) is 13.8. The van der Waals surface area contributed by atoms with Crippen molar-refractivity contribution in [1.82, 2.24) is 15.2 Å². The SMILES string of the molecule is O=C(Nc1ccc(-c2ccc(C(F)(F)F)cc2)nn1)c1ncsc1Cl. The number of thiazole rings is 1. The Bertz CT molecular complexity index is 894. The summed E-state index contributed by atoms with van der Waals surface area (Å²) in [5, 5.41) is 10.2. The van der Waals surface area contributed by atoms with Gasteiger partial charge in [0.2, 0.25) is 0 Å². The Hall–Kier alpha value is -2.52. The third-order valence-corrected chi connectivity index (χ3v) is 4.21. The molecule has 5 nitrogen and oxygen atoms in total. The summed E-state index contributed by atoms with van der Waals surface area (Å²) >= 11 is 6.95. The van der Waals surface area contributed by atoms with Gasteiger partial charge in [0.15, 0.2) is 11.5 Å². The fourth-order valence-electron chi connectivity index (χ4n) is 1.94. The normalized spacial score (nSPS) is 11.4. The van der Waals surface area contributed by atoms with Crippen LogP contribution in [0.2, 0.25) is 4.34 Å². The van der Waals surface area contributed by atoms with E-state index >= 15 is 0 Å². The van der Waals surface area contributed by atoms with Crippen LogP contribution in [-0.4, -0.2) is 21.1 Å². The topological polar surface area (TPSA) is 67.8 Å². The average Bonchev–Trinajstić information content (AvgIpc) is 3.01. The number of halogens is 4. The van der Waals surface area contributed by atoms with Crippen molar-refractivity contribution in [2.24, 2.45) is 0 Å². The standard InChI is InChI=1S/C15H8ClF3N4OS/c16-13-12(20-7-25-13)14(24)21-11-6-5-10(22-23-11)8-1-3-9(4-2-8)15(17,18)19/h1-7H,(H,21,23,24). The van der Waals surface area contributed by atoms with Gasteiger partial charge in [-0.2, -0.15) is 13.2 Å². The zero-order chi connectivity index (χ0) is 18.0. The molecule has 0 atom stereocenters. The van der Waals surface area contributed by atoms with Gasteiger partial charge in [0.05, 0.1) is 16.8 Å². The van der Waals surface area contributed by atoms with E-state index < -0.39 is 17.6 Å². The van der Waals surface area contributed by atoms with Crippen LogP contribution in [0, 0.1) is 0 Å². The van der Waals surface area contributed by atoms with E-state index in [1.54, 1.807) is 0 Å². The molecule has 3 rings (SSSR count). The summed E-state index contributed by atoms with van der Waals surface area (Å²) in [5.41, 5.74) is 1.63. The van der Waals surface area contributed by atoms with Crippen LogP contribution in [0.25, 0.3) is 11.3 Å². The number of hydrogen-bond acceptors (Lipinski definition) is 5. The highest BCUT2D eigenvalue weighted by Crippen LogP contribution is 2.30. The first-order chi connectivity index (χ1) is 11.8. The summed E-state index contributed by atoms with van der Waals surface area (Å²) < 4.78 is 37.9. The maximum absolute atomic E-state index is 12.6. The second-order valence-electron chi connectivity index (χ2n) is 4.81. The largest absolute Gasteiger partial charge is 0.416 e. The molecule has 1 amide bonds. The Morgan fingerprint density at radius 2 is 1.80 bits per heavy atom. The molecule has 0 saturated heterocycles. The lowest BCUT2D eigenvalue weighted by Crippen LogP contribution is -2.14. The van der Waals surface area contributed by atoms with Crippen LogP contribution >= 0.6 is 22.9 Å². The third-order valence-electron chi connectivity index (χ3n) is 3.15. The molecule has 0 saturated carbocycles. The fraction of sp³-hybridized carbons (Fsp3) is 0.0667. The molecule has 1 N–H and O–H groups in total. The van der Waals surface area contributed by atoms with Gasteiger partial charge in [0.1, 0.15) is 4.34 Å². The summed E-state index contributed by atoms with van der Waals surface area (Å²) in [6.45, 7) is 0. The van der Waals surface area contributed by atoms with Crippen molar-refractivity contribution in [2.45, 2.75) is 6.18 Å². The van der Waals surface area contributed by atoms with E-state index in [0.717, 1.165) is 23.5 Å². The number of anilines is 1. The van der Waals surface area contributed by atoms with Crippen LogP contribution in [0.5, 0.6) is 0 Å². The number of nitrogens with one attached hydrogen (secondary N) is 1. The number of carbonyl (C=O) groups is 1. The van der Waals surface area contributed by atoms with Crippen LogP contribution < -0.4 is 5.32 Å². The number of hydrogen-bond donors (Lipinski definition) is 1. The molecule has 0 radical (unpaired) electrons. The fourth-order valence-corrected chi connectivity index (χ4v) is 2.70. The maximum atomic E-state index is 12.6. The summed E-state index contributed by atoms with van der Waals surface area (Å²) in [7, 11) is 0. The summed E-state index contributed by atoms with van der Waals surface area (Å²) in [4.78, 5) is 15.8. The molecule has 0 aliphatic heterocycles. The molecule has 25 heavy (non-hydrogen) atoms. The first-order valence-corrected chi connectivity index (χ1v) is 8.02. The van der Waals surface area contributed by atoms with Gasteiger partial charge in [-0.3, -0.25) is 4.79 Å². The van der Waals surface area contributed by atoms with Gasteiger partial charge in [0, 0.05) is 5.56 Å². The van der Waals surface area contributed by atoms with Crippen LogP contribution in [0.15, 0.2) is 41.9 Å². The van der Waals surface area contributed by atoms with Crippen molar-refractivity contribution in [1.29, 1.82) is 0 Å². The summed E-state index contributed by atoms with van der Waals surface area (Å²) in [5.74, 6) is -0.354. The second kappa shape index (κ2) is 6.77. The van der Waals surface area contributed by atoms with E-state index in [9.17, 15) is 18.0 Å². The van der Waals surface area contributed by atoms with Crippen LogP contribution in [0.1, 0.15) is 16.1 Å². The lowest BCUT2D eigenvalue weighted by molar-refractivity contribution is -0.137. The molecule has 0 aliphatic carbocycles. The van der Waals surface area contributed by atoms with Crippen molar-refractivity contribution in [3.8, 4) is 11.3 Å². The molecule has 128 valence electrons. The Labute approximate surface area is 148 Å². The molecule has 0 aliphatic rings. The molecule has 0 fully saturated rings. The average molecular weight is 385 g/mol. The van der Waals surface area contributed by atoms with Crippen molar-refractivity contribution < 1.29 is 18.0 Å². The highest BCUT2D eigenvalue weighted by molar-refractivity contribution is 7.14. The molecule has 0 spiro atoms. The summed E-state index contributed by atoms with van der Waals surface area (Å²) in [6.07, 6.45) is -4.39. The molecule has 10 heteroatoms. The highest BCUT2D eigenvalue weighted by atomic mass is 35.5. The predicted octanol–water partition coefficient (Wildman–Crippen LogP) is 4.52. The monoisotopic (exact) mass is 384 g/mol. The first kappa shape index (κ1) is 17.3. The molecule has 0 bridgehead atoms. The minimum Gasteiger partial charge on any atom is -0.304 e. The van der Waals surface area contributed by atoms with Crippen LogP contribution in [-0.2, 0) is 6.18 Å². The minimum absolute atomic E-state index is 0.0836. The van der Waals surface area contributed by atoms with Crippen molar-refractivity contribution >= 4 is 34.7 Å². The van der Waals surface area contributed by atoms with Gasteiger partial charge in [-0.25, -0.2) is 4.98 Å². The van der Waals surface area contributed by atoms with E-state index in [0.29, 0.717) is 11.3 Å². The number of alkyl halides is 3. The molecule has 0 unspecified atom stereocenters. The van der Waals surface area contributed by atoms with Gasteiger partial charge in [-0.15, -0.1) is 21.5 Å². The zero-order valence-electron chi connectivity index (χ0n) is 12.2. The molecular formula is C15H8ClF3N4OS. The van der Waals surface area contributed by atoms with Gasteiger partial charge in [0.25, 0.3) is 5.91 Å². The number of aromatic nitrogens is 3. The lowest BCUT2D eigenvalue weighted by atomic mass is 10.1. The van der Waals surface area contributed by atoms with E-state index in [4.69, 9.17) is 11.6 Å². The van der Waals surface area contributed by atoms with Gasteiger partial charge < -0.3 is 5.32 Å². The van der Waals surface area contributed by atoms with E-state index in [1.807, 2.05) is 0 Å². The quantitative estimate of drug-likeness (QED) is 0.720. The minimum atomic E-state index is -4.39. The third kappa shape index (κ3) is 3.94. The van der Waals surface area contributed by atoms with Crippen molar-refractivity contribution in [3.05, 3.63) is 57.5 Å². The van der Waals surface area contributed by atoms with Gasteiger partial charge in [-0.1, -0.05) is 23.7 Å². The molecule has 1 aromatic carbocycles. The van der Waals surface area contributed by atoms with Gasteiger partial charge in [-0.05, 0) is 24.3 Å². The highest BCUT2D eigenvalue weighted by Gasteiger charge is 2.30. The molecular weight excluding hydrogens is 377 g/mol. The van der Waals surface area contributed by atoms with Crippen molar-refractivity contribution in [2.75, 3.05) is 5.32 Å². The van der Waals surface area contributed by atoms with E-state index in [2.05, 4.69) is 20.5 Å². The lowest BCUT2D eigenvalue weighted by Gasteiger charge is -2.07. The number of amides is 1. The first-order valence-electron chi connectivity index (χ1n) is 6.76. The number of nitrogens with zero attached hydrogens (tertiary/aromatic N) is 3.